The molecule has 0 radical (unpaired) electrons. The Hall–Kier alpha value is -4.68. The predicted molar refractivity (Wildman–Crippen MR) is 158 cm³/mol. The molecule has 0 spiro atoms. The van der Waals surface area contributed by atoms with Crippen LogP contribution in [0.15, 0.2) is 120 Å². The van der Waals surface area contributed by atoms with Crippen LogP contribution in [-0.2, 0) is 22.6 Å². The molecule has 0 N–H and O–H groups in total. The highest BCUT2D eigenvalue weighted by Gasteiger charge is 2.39. The third kappa shape index (κ3) is 6.23. The Balaban J connectivity index is 1.37. The van der Waals surface area contributed by atoms with Crippen LogP contribution in [0.5, 0.6) is 5.75 Å². The molecule has 41 heavy (non-hydrogen) atoms. The normalized spacial score (nSPS) is 16.9. The van der Waals surface area contributed by atoms with E-state index in [-0.39, 0.29) is 12.0 Å². The molecule has 5 aromatic rings. The Morgan fingerprint density at radius 2 is 1.51 bits per heavy atom. The quantitative estimate of drug-likeness (QED) is 0.140. The third-order valence-corrected chi connectivity index (χ3v) is 7.49. The molecule has 1 aliphatic rings. The fraction of sp³-hybridized carbons (Fsp3) is 0.200. The Morgan fingerprint density at radius 3 is 2.22 bits per heavy atom. The summed E-state index contributed by atoms with van der Waals surface area (Å²) < 4.78 is 6.73. The third-order valence-electron chi connectivity index (χ3n) is 7.49. The summed E-state index contributed by atoms with van der Waals surface area (Å²) in [5.41, 5.74) is 5.25. The molecule has 2 atom stereocenters. The predicted octanol–water partition coefficient (Wildman–Crippen LogP) is 7.67. The molecule has 2 heterocycles. The van der Waals surface area contributed by atoms with Crippen LogP contribution in [0.4, 0.5) is 0 Å². The zero-order valence-electron chi connectivity index (χ0n) is 23.0. The minimum atomic E-state index is -0.491. The van der Waals surface area contributed by atoms with Crippen molar-refractivity contribution in [2.24, 2.45) is 5.92 Å². The number of benzene rings is 4. The van der Waals surface area contributed by atoms with E-state index in [0.717, 1.165) is 60.0 Å². The maximum atomic E-state index is 11.2. The van der Waals surface area contributed by atoms with Crippen molar-refractivity contribution in [1.29, 1.82) is 0 Å². The van der Waals surface area contributed by atoms with Gasteiger partial charge in [-0.15, -0.1) is 0 Å². The first-order valence-electron chi connectivity index (χ1n) is 14.0. The van der Waals surface area contributed by atoms with Crippen molar-refractivity contribution in [1.82, 2.24) is 9.88 Å². The van der Waals surface area contributed by atoms with Crippen LogP contribution < -0.4 is 4.89 Å². The van der Waals surface area contributed by atoms with E-state index in [0.29, 0.717) is 5.75 Å². The average molecular weight is 545 g/mol. The van der Waals surface area contributed by atoms with Gasteiger partial charge >= 0.3 is 5.97 Å². The molecule has 0 amide bonds. The molecule has 6 heteroatoms. The molecule has 1 saturated heterocycles. The van der Waals surface area contributed by atoms with Crippen molar-refractivity contribution < 1.29 is 19.0 Å². The van der Waals surface area contributed by atoms with Gasteiger partial charge in [-0.05, 0) is 48.6 Å². The second kappa shape index (κ2) is 12.2. The van der Waals surface area contributed by atoms with Crippen LogP contribution in [0.1, 0.15) is 36.4 Å². The molecule has 206 valence electrons. The number of carbonyl (C=O) groups is 1. The minimum Gasteiger partial charge on any atom is -0.438 e. The summed E-state index contributed by atoms with van der Waals surface area (Å²) in [6.45, 7) is 3.05. The molecule has 1 aromatic heterocycles. The SMILES string of the molecule is CC(=O)OOc1cccc(CC2CCN(Cc3ccccc3)C2c2nc(-c3ccccc3)c(-c3ccccc3)o2)c1. The molecule has 2 unspecified atom stereocenters. The summed E-state index contributed by atoms with van der Waals surface area (Å²) in [4.78, 5) is 28.9. The molecule has 4 aromatic carbocycles. The largest absolute Gasteiger partial charge is 0.438 e. The first-order valence-corrected chi connectivity index (χ1v) is 14.0. The van der Waals surface area contributed by atoms with Gasteiger partial charge in [0.1, 0.15) is 5.69 Å². The summed E-state index contributed by atoms with van der Waals surface area (Å²) in [5, 5.41) is 0. The second-order valence-electron chi connectivity index (χ2n) is 10.4. The van der Waals surface area contributed by atoms with Crippen molar-refractivity contribution in [2.45, 2.75) is 32.4 Å². The first kappa shape index (κ1) is 26.5. The average Bonchev–Trinajstić information content (AvgIpc) is 3.62. The summed E-state index contributed by atoms with van der Waals surface area (Å²) in [5.74, 6) is 1.79. The number of likely N-dealkylation sites (tertiary alicyclic amines) is 1. The van der Waals surface area contributed by atoms with E-state index in [9.17, 15) is 4.79 Å². The van der Waals surface area contributed by atoms with E-state index in [1.165, 1.54) is 12.5 Å². The minimum absolute atomic E-state index is 0.0202. The van der Waals surface area contributed by atoms with Gasteiger partial charge in [-0.25, -0.2) is 9.78 Å². The first-order chi connectivity index (χ1) is 20.1. The monoisotopic (exact) mass is 544 g/mol. The highest BCUT2D eigenvalue weighted by atomic mass is 17.2. The summed E-state index contributed by atoms with van der Waals surface area (Å²) in [7, 11) is 0. The van der Waals surface area contributed by atoms with Crippen LogP contribution in [0, 0.1) is 5.92 Å². The lowest BCUT2D eigenvalue weighted by molar-refractivity contribution is -0.210. The van der Waals surface area contributed by atoms with E-state index >= 15 is 0 Å². The van der Waals surface area contributed by atoms with Crippen molar-refractivity contribution in [3.8, 4) is 28.3 Å². The van der Waals surface area contributed by atoms with Crippen molar-refractivity contribution in [3.63, 3.8) is 0 Å². The molecular weight excluding hydrogens is 512 g/mol. The molecule has 6 nitrogen and oxygen atoms in total. The van der Waals surface area contributed by atoms with Crippen LogP contribution in [-0.4, -0.2) is 22.4 Å². The molecule has 0 bridgehead atoms. The van der Waals surface area contributed by atoms with Gasteiger partial charge in [-0.3, -0.25) is 14.7 Å². The van der Waals surface area contributed by atoms with Crippen LogP contribution in [0.2, 0.25) is 0 Å². The Bertz CT molecular complexity index is 1530. The van der Waals surface area contributed by atoms with Gasteiger partial charge < -0.3 is 4.42 Å². The number of hydrogen-bond acceptors (Lipinski definition) is 6. The molecule has 0 saturated carbocycles. The Morgan fingerprint density at radius 1 is 0.854 bits per heavy atom. The standard InChI is InChI=1S/C35H32N2O4/c1-25(38)40-41-31-19-11-14-27(23-31)22-30-20-21-37(24-26-12-5-2-6-13-26)33(30)35-36-32(28-15-7-3-8-16-28)34(39-35)29-17-9-4-10-18-29/h2-19,23,30,33H,20-22,24H2,1H3. The molecule has 1 aliphatic heterocycles. The fourth-order valence-corrected chi connectivity index (χ4v) is 5.67. The Kier molecular flexibility index (Phi) is 7.92. The van der Waals surface area contributed by atoms with E-state index < -0.39 is 5.97 Å². The van der Waals surface area contributed by atoms with Gasteiger partial charge in [0.05, 0.1) is 6.04 Å². The number of carbonyl (C=O) groups excluding carboxylic acids is 1. The summed E-state index contributed by atoms with van der Waals surface area (Å²) >= 11 is 0. The molecular formula is C35H32N2O4. The highest BCUT2D eigenvalue weighted by Crippen LogP contribution is 2.43. The Labute approximate surface area is 240 Å². The van der Waals surface area contributed by atoms with Gasteiger partial charge in [-0.1, -0.05) is 103 Å². The van der Waals surface area contributed by atoms with E-state index in [1.54, 1.807) is 6.07 Å². The number of nitrogens with zero attached hydrogens (tertiary/aromatic N) is 2. The van der Waals surface area contributed by atoms with Crippen LogP contribution in [0.3, 0.4) is 0 Å². The van der Waals surface area contributed by atoms with Gasteiger partial charge in [0, 0.05) is 24.6 Å². The lowest BCUT2D eigenvalue weighted by atomic mass is 9.92. The van der Waals surface area contributed by atoms with Crippen LogP contribution in [0.25, 0.3) is 22.6 Å². The van der Waals surface area contributed by atoms with Gasteiger partial charge in [0.15, 0.2) is 11.5 Å². The van der Waals surface area contributed by atoms with E-state index in [2.05, 4.69) is 59.5 Å². The second-order valence-corrected chi connectivity index (χ2v) is 10.4. The molecule has 0 aliphatic carbocycles. The lowest BCUT2D eigenvalue weighted by Gasteiger charge is -2.26. The smallest absolute Gasteiger partial charge is 0.352 e. The van der Waals surface area contributed by atoms with Gasteiger partial charge in [-0.2, -0.15) is 0 Å². The van der Waals surface area contributed by atoms with E-state index in [4.69, 9.17) is 19.2 Å². The van der Waals surface area contributed by atoms with Crippen molar-refractivity contribution in [2.75, 3.05) is 6.54 Å². The topological polar surface area (TPSA) is 64.8 Å². The van der Waals surface area contributed by atoms with Gasteiger partial charge in [0.25, 0.3) is 0 Å². The number of aromatic nitrogens is 1. The van der Waals surface area contributed by atoms with Crippen LogP contribution >= 0.6 is 0 Å². The zero-order chi connectivity index (χ0) is 28.0. The van der Waals surface area contributed by atoms with Crippen molar-refractivity contribution in [3.05, 3.63) is 132 Å². The number of rotatable bonds is 9. The molecule has 1 fully saturated rings. The molecule has 6 rings (SSSR count). The van der Waals surface area contributed by atoms with Crippen molar-refractivity contribution >= 4 is 5.97 Å². The van der Waals surface area contributed by atoms with E-state index in [1.807, 2.05) is 54.6 Å². The maximum Gasteiger partial charge on any atom is 0.352 e. The van der Waals surface area contributed by atoms with Gasteiger partial charge in [0.2, 0.25) is 5.89 Å². The lowest BCUT2D eigenvalue weighted by Crippen LogP contribution is -2.26. The fourth-order valence-electron chi connectivity index (χ4n) is 5.67. The maximum absolute atomic E-state index is 11.2. The zero-order valence-corrected chi connectivity index (χ0v) is 23.0. The summed E-state index contributed by atoms with van der Waals surface area (Å²) in [6, 6.07) is 38.7. The summed E-state index contributed by atoms with van der Waals surface area (Å²) in [6.07, 6.45) is 1.80. The highest BCUT2D eigenvalue weighted by molar-refractivity contribution is 5.76. The number of oxazole rings is 1. The number of hydrogen-bond donors (Lipinski definition) is 0.